The van der Waals surface area contributed by atoms with Gasteiger partial charge in [-0.3, -0.25) is 4.79 Å². The monoisotopic (exact) mass is 294 g/mol. The van der Waals surface area contributed by atoms with Crippen LogP contribution in [-0.4, -0.2) is 31.4 Å². The van der Waals surface area contributed by atoms with Crippen molar-refractivity contribution in [1.29, 1.82) is 5.26 Å². The molecule has 0 spiro atoms. The zero-order chi connectivity index (χ0) is 14.8. The second-order valence-corrected chi connectivity index (χ2v) is 6.33. The fourth-order valence-electron chi connectivity index (χ4n) is 1.51. The van der Waals surface area contributed by atoms with Gasteiger partial charge in [0.2, 0.25) is 15.9 Å². The second-order valence-electron chi connectivity index (χ2n) is 4.62. The van der Waals surface area contributed by atoms with Crippen molar-refractivity contribution in [3.8, 4) is 6.07 Å². The third-order valence-corrected chi connectivity index (χ3v) is 4.34. The lowest BCUT2D eigenvalue weighted by Crippen LogP contribution is -2.45. The number of nitrogens with one attached hydrogen (secondary N) is 2. The molecule has 2 N–H and O–H groups in total. The predicted octanol–water partition coefficient (Wildman–Crippen LogP) is -0.101. The average Bonchev–Trinajstić information content (AvgIpc) is 3.22. The van der Waals surface area contributed by atoms with Crippen LogP contribution >= 0.6 is 0 Å². The quantitative estimate of drug-likeness (QED) is 0.787. The first-order valence-corrected chi connectivity index (χ1v) is 7.59. The fraction of sp³-hybridized carbons (Fsp3) is 0.417. The van der Waals surface area contributed by atoms with E-state index in [1.165, 1.54) is 19.1 Å². The third-order valence-electron chi connectivity index (χ3n) is 2.81. The van der Waals surface area contributed by atoms with Crippen molar-refractivity contribution in [2.24, 2.45) is 0 Å². The molecular formula is C12H14N4O3S. The van der Waals surface area contributed by atoms with Crippen molar-refractivity contribution in [2.45, 2.75) is 36.7 Å². The Kier molecular flexibility index (Phi) is 4.01. The third kappa shape index (κ3) is 3.53. The molecule has 1 heterocycles. The Hall–Kier alpha value is -1.98. The fourth-order valence-corrected chi connectivity index (χ4v) is 2.66. The largest absolute Gasteiger partial charge is 0.352 e. The minimum absolute atomic E-state index is 0.0810. The number of nitriles is 1. The van der Waals surface area contributed by atoms with Crippen LogP contribution in [0.25, 0.3) is 0 Å². The SMILES string of the molecule is CC(NS(=O)(=O)c1ccc(C#N)nc1)C(=O)NC1CC1. The summed E-state index contributed by atoms with van der Waals surface area (Å²) < 4.78 is 26.3. The molecule has 1 atom stereocenters. The lowest BCUT2D eigenvalue weighted by atomic mass is 10.3. The van der Waals surface area contributed by atoms with Gasteiger partial charge in [0, 0.05) is 12.2 Å². The minimum atomic E-state index is -3.83. The average molecular weight is 294 g/mol. The molecule has 0 bridgehead atoms. The van der Waals surface area contributed by atoms with Gasteiger partial charge in [0.25, 0.3) is 0 Å². The summed E-state index contributed by atoms with van der Waals surface area (Å²) in [7, 11) is -3.83. The molecule has 1 amide bonds. The van der Waals surface area contributed by atoms with Crippen LogP contribution in [0.15, 0.2) is 23.2 Å². The number of aromatic nitrogens is 1. The Balaban J connectivity index is 2.05. The van der Waals surface area contributed by atoms with E-state index in [4.69, 9.17) is 5.26 Å². The van der Waals surface area contributed by atoms with E-state index in [2.05, 4.69) is 15.0 Å². The molecule has 1 saturated carbocycles. The number of carbonyl (C=O) groups excluding carboxylic acids is 1. The van der Waals surface area contributed by atoms with Crippen LogP contribution in [0.1, 0.15) is 25.5 Å². The molecule has 0 radical (unpaired) electrons. The van der Waals surface area contributed by atoms with E-state index in [9.17, 15) is 13.2 Å². The molecular weight excluding hydrogens is 280 g/mol. The number of hydrogen-bond acceptors (Lipinski definition) is 5. The number of hydrogen-bond donors (Lipinski definition) is 2. The van der Waals surface area contributed by atoms with Gasteiger partial charge < -0.3 is 5.32 Å². The number of sulfonamides is 1. The Morgan fingerprint density at radius 1 is 1.50 bits per heavy atom. The summed E-state index contributed by atoms with van der Waals surface area (Å²) in [6.45, 7) is 1.48. The summed E-state index contributed by atoms with van der Waals surface area (Å²) in [6.07, 6.45) is 2.96. The summed E-state index contributed by atoms with van der Waals surface area (Å²) in [5, 5.41) is 11.3. The first-order chi connectivity index (χ1) is 9.42. The lowest BCUT2D eigenvalue weighted by Gasteiger charge is -2.13. The molecule has 1 unspecified atom stereocenters. The van der Waals surface area contributed by atoms with Gasteiger partial charge in [-0.25, -0.2) is 13.4 Å². The zero-order valence-electron chi connectivity index (χ0n) is 10.8. The van der Waals surface area contributed by atoms with Crippen LogP contribution in [0, 0.1) is 11.3 Å². The Morgan fingerprint density at radius 3 is 2.70 bits per heavy atom. The highest BCUT2D eigenvalue weighted by Crippen LogP contribution is 2.18. The number of pyridine rings is 1. The Labute approximate surface area is 117 Å². The van der Waals surface area contributed by atoms with Crippen LogP contribution in [0.5, 0.6) is 0 Å². The highest BCUT2D eigenvalue weighted by atomic mass is 32.2. The first-order valence-electron chi connectivity index (χ1n) is 6.11. The van der Waals surface area contributed by atoms with Gasteiger partial charge >= 0.3 is 0 Å². The molecule has 0 saturated heterocycles. The van der Waals surface area contributed by atoms with Crippen molar-refractivity contribution >= 4 is 15.9 Å². The van der Waals surface area contributed by atoms with E-state index in [1.54, 1.807) is 6.07 Å². The summed E-state index contributed by atoms with van der Waals surface area (Å²) in [5.74, 6) is -0.349. The maximum Gasteiger partial charge on any atom is 0.242 e. The Morgan fingerprint density at radius 2 is 2.20 bits per heavy atom. The molecule has 1 aromatic heterocycles. The molecule has 1 aliphatic carbocycles. The second kappa shape index (κ2) is 5.56. The normalized spacial score (nSPS) is 16.2. The maximum atomic E-state index is 12.0. The van der Waals surface area contributed by atoms with Crippen molar-refractivity contribution in [3.63, 3.8) is 0 Å². The number of amides is 1. The highest BCUT2D eigenvalue weighted by Gasteiger charge is 2.28. The van der Waals surface area contributed by atoms with Gasteiger partial charge in [-0.2, -0.15) is 9.98 Å². The Bertz CT molecular complexity index is 644. The molecule has 1 aromatic rings. The van der Waals surface area contributed by atoms with E-state index in [1.807, 2.05) is 0 Å². The predicted molar refractivity (Wildman–Crippen MR) is 69.9 cm³/mol. The molecule has 7 nitrogen and oxygen atoms in total. The molecule has 1 aliphatic rings. The lowest BCUT2D eigenvalue weighted by molar-refractivity contribution is -0.122. The van der Waals surface area contributed by atoms with Crippen LogP contribution in [-0.2, 0) is 14.8 Å². The van der Waals surface area contributed by atoms with Gasteiger partial charge in [0.15, 0.2) is 0 Å². The van der Waals surface area contributed by atoms with E-state index in [-0.39, 0.29) is 22.5 Å². The molecule has 106 valence electrons. The van der Waals surface area contributed by atoms with E-state index < -0.39 is 16.1 Å². The van der Waals surface area contributed by atoms with Gasteiger partial charge in [0.1, 0.15) is 16.7 Å². The number of nitrogens with zero attached hydrogens (tertiary/aromatic N) is 2. The van der Waals surface area contributed by atoms with E-state index in [0.717, 1.165) is 19.0 Å². The highest BCUT2D eigenvalue weighted by molar-refractivity contribution is 7.89. The standard InChI is InChI=1S/C12H14N4O3S/c1-8(12(17)15-9-2-3-9)16-20(18,19)11-5-4-10(6-13)14-7-11/h4-5,7-9,16H,2-3H2,1H3,(H,15,17). The summed E-state index contributed by atoms with van der Waals surface area (Å²) in [6, 6.07) is 3.70. The van der Waals surface area contributed by atoms with E-state index >= 15 is 0 Å². The topological polar surface area (TPSA) is 112 Å². The van der Waals surface area contributed by atoms with Crippen molar-refractivity contribution in [1.82, 2.24) is 15.0 Å². The van der Waals surface area contributed by atoms with Crippen LogP contribution in [0.4, 0.5) is 0 Å². The molecule has 20 heavy (non-hydrogen) atoms. The smallest absolute Gasteiger partial charge is 0.242 e. The minimum Gasteiger partial charge on any atom is -0.352 e. The first kappa shape index (κ1) is 14.4. The van der Waals surface area contributed by atoms with Crippen molar-refractivity contribution < 1.29 is 13.2 Å². The van der Waals surface area contributed by atoms with Crippen LogP contribution in [0.3, 0.4) is 0 Å². The van der Waals surface area contributed by atoms with Gasteiger partial charge in [-0.05, 0) is 31.9 Å². The van der Waals surface area contributed by atoms with Gasteiger partial charge in [0.05, 0.1) is 6.04 Å². The van der Waals surface area contributed by atoms with E-state index in [0.29, 0.717) is 0 Å². The molecule has 0 aromatic carbocycles. The van der Waals surface area contributed by atoms with Crippen molar-refractivity contribution in [3.05, 3.63) is 24.0 Å². The molecule has 2 rings (SSSR count). The van der Waals surface area contributed by atoms with Gasteiger partial charge in [-0.1, -0.05) is 0 Å². The molecule has 0 aliphatic heterocycles. The number of rotatable bonds is 5. The molecule has 8 heteroatoms. The van der Waals surface area contributed by atoms with Crippen LogP contribution < -0.4 is 10.0 Å². The summed E-state index contributed by atoms with van der Waals surface area (Å²) in [4.78, 5) is 15.3. The van der Waals surface area contributed by atoms with Crippen LogP contribution in [0.2, 0.25) is 0 Å². The van der Waals surface area contributed by atoms with Gasteiger partial charge in [-0.15, -0.1) is 0 Å². The summed E-state index contributed by atoms with van der Waals surface area (Å²) in [5.41, 5.74) is 0.128. The molecule has 1 fully saturated rings. The van der Waals surface area contributed by atoms with Crippen molar-refractivity contribution in [2.75, 3.05) is 0 Å². The number of carbonyl (C=O) groups is 1. The maximum absolute atomic E-state index is 12.0. The summed E-state index contributed by atoms with van der Waals surface area (Å²) >= 11 is 0. The zero-order valence-corrected chi connectivity index (χ0v) is 11.6.